The number of sulfone groups is 1. The highest BCUT2D eigenvalue weighted by Gasteiger charge is 2.33. The highest BCUT2D eigenvalue weighted by Crippen LogP contribution is 2.35. The second-order valence-corrected chi connectivity index (χ2v) is 9.46. The lowest BCUT2D eigenvalue weighted by molar-refractivity contribution is 0.415. The predicted octanol–water partition coefficient (Wildman–Crippen LogP) is 4.10. The largest absolute Gasteiger partial charge is 0.497 e. The van der Waals surface area contributed by atoms with Gasteiger partial charge < -0.3 is 23.4 Å². The van der Waals surface area contributed by atoms with Crippen molar-refractivity contribution in [2.45, 2.75) is 9.92 Å². The van der Waals surface area contributed by atoms with E-state index in [9.17, 15) is 8.42 Å². The van der Waals surface area contributed by atoms with Gasteiger partial charge in [-0.2, -0.15) is 4.98 Å². The molecule has 1 saturated heterocycles. The van der Waals surface area contributed by atoms with Gasteiger partial charge in [0.05, 0.1) is 18.3 Å². The third-order valence-electron chi connectivity index (χ3n) is 5.62. The summed E-state index contributed by atoms with van der Waals surface area (Å²) < 4.78 is 43.5. The maximum Gasteiger partial charge on any atom is 0.266 e. The number of hydrogen-bond acceptors (Lipinski definition) is 8. The maximum atomic E-state index is 13.4. The lowest BCUT2D eigenvalue weighted by Gasteiger charge is -2.36. The first-order valence-corrected chi connectivity index (χ1v) is 12.0. The molecule has 3 heterocycles. The molecule has 0 amide bonds. The smallest absolute Gasteiger partial charge is 0.266 e. The van der Waals surface area contributed by atoms with E-state index in [0.717, 1.165) is 11.4 Å². The molecule has 0 aliphatic carbocycles. The van der Waals surface area contributed by atoms with Crippen molar-refractivity contribution >= 4 is 21.4 Å². The van der Waals surface area contributed by atoms with Gasteiger partial charge in [-0.3, -0.25) is 0 Å². The van der Waals surface area contributed by atoms with Crippen LogP contribution in [0.15, 0.2) is 91.7 Å². The summed E-state index contributed by atoms with van der Waals surface area (Å²) in [6.45, 7) is 2.56. The Hall–Kier alpha value is -3.72. The topological polar surface area (TPSA) is 89.0 Å². The molecule has 0 N–H and O–H groups in total. The highest BCUT2D eigenvalue weighted by atomic mass is 32.2. The van der Waals surface area contributed by atoms with Crippen molar-refractivity contribution in [3.8, 4) is 17.4 Å². The van der Waals surface area contributed by atoms with Crippen molar-refractivity contribution in [1.82, 2.24) is 4.98 Å². The first-order chi connectivity index (χ1) is 16.1. The molecule has 1 aliphatic rings. The van der Waals surface area contributed by atoms with E-state index in [1.54, 1.807) is 49.6 Å². The average molecular weight is 466 g/mol. The number of nitrogens with zero attached hydrogens (tertiary/aromatic N) is 3. The van der Waals surface area contributed by atoms with E-state index in [0.29, 0.717) is 31.9 Å². The molecule has 8 nitrogen and oxygen atoms in total. The Labute approximate surface area is 191 Å². The fraction of sp³-hybridized carbons (Fsp3) is 0.208. The van der Waals surface area contributed by atoms with Crippen LogP contribution in [0.4, 0.5) is 11.6 Å². The number of oxazole rings is 1. The minimum Gasteiger partial charge on any atom is -0.497 e. The molecule has 2 aromatic carbocycles. The summed E-state index contributed by atoms with van der Waals surface area (Å²) in [5.41, 5.74) is 1.08. The predicted molar refractivity (Wildman–Crippen MR) is 124 cm³/mol. The van der Waals surface area contributed by atoms with Crippen LogP contribution in [0.25, 0.3) is 11.7 Å². The monoisotopic (exact) mass is 465 g/mol. The Morgan fingerprint density at radius 1 is 0.879 bits per heavy atom. The minimum absolute atomic E-state index is 0.0991. The summed E-state index contributed by atoms with van der Waals surface area (Å²) in [7, 11) is -2.24. The van der Waals surface area contributed by atoms with Gasteiger partial charge in [0, 0.05) is 31.9 Å². The molecular formula is C24H23N3O5S. The molecule has 4 aromatic rings. The van der Waals surface area contributed by atoms with Gasteiger partial charge in [0.1, 0.15) is 5.75 Å². The van der Waals surface area contributed by atoms with E-state index in [1.165, 1.54) is 6.26 Å². The van der Waals surface area contributed by atoms with Crippen LogP contribution in [0.5, 0.6) is 5.75 Å². The van der Waals surface area contributed by atoms with Crippen molar-refractivity contribution in [2.24, 2.45) is 0 Å². The number of methoxy groups -OCH3 is 1. The van der Waals surface area contributed by atoms with E-state index >= 15 is 0 Å². The average Bonchev–Trinajstić information content (AvgIpc) is 3.55. The number of furan rings is 1. The zero-order valence-corrected chi connectivity index (χ0v) is 18.9. The molecule has 0 atom stereocenters. The quantitative estimate of drug-likeness (QED) is 0.420. The number of aromatic nitrogens is 1. The number of anilines is 2. The summed E-state index contributed by atoms with van der Waals surface area (Å²) in [5.74, 6) is 1.56. The second kappa shape index (κ2) is 8.67. The van der Waals surface area contributed by atoms with Gasteiger partial charge in [-0.15, -0.1) is 0 Å². The Kier molecular flexibility index (Phi) is 5.55. The van der Waals surface area contributed by atoms with E-state index in [1.807, 2.05) is 29.2 Å². The maximum absolute atomic E-state index is 13.4. The van der Waals surface area contributed by atoms with Crippen LogP contribution in [0.1, 0.15) is 0 Å². The van der Waals surface area contributed by atoms with E-state index < -0.39 is 9.84 Å². The number of hydrogen-bond donors (Lipinski definition) is 0. The SMILES string of the molecule is COc1ccc(N2CCN(c3oc(-c4ccco4)nc3S(=O)(=O)c3ccccc3)CC2)cc1. The van der Waals surface area contributed by atoms with Crippen molar-refractivity contribution < 1.29 is 22.0 Å². The van der Waals surface area contributed by atoms with Crippen molar-refractivity contribution in [2.75, 3.05) is 43.1 Å². The standard InChI is InChI=1S/C24H23N3O5S/c1-30-19-11-9-18(10-12-19)26-13-15-27(16-14-26)24-23(25-22(32-24)21-8-5-17-31-21)33(28,29)20-6-3-2-4-7-20/h2-12,17H,13-16H2,1H3. The van der Waals surface area contributed by atoms with E-state index in [4.69, 9.17) is 13.6 Å². The lowest BCUT2D eigenvalue weighted by Crippen LogP contribution is -2.46. The van der Waals surface area contributed by atoms with Gasteiger partial charge in [-0.25, -0.2) is 8.42 Å². The van der Waals surface area contributed by atoms with Crippen molar-refractivity contribution in [1.29, 1.82) is 0 Å². The fourth-order valence-electron chi connectivity index (χ4n) is 3.85. The highest BCUT2D eigenvalue weighted by molar-refractivity contribution is 7.91. The molecule has 170 valence electrons. The molecule has 33 heavy (non-hydrogen) atoms. The summed E-state index contributed by atoms with van der Waals surface area (Å²) in [6.07, 6.45) is 1.50. The molecule has 0 bridgehead atoms. The first kappa shape index (κ1) is 21.1. The molecule has 1 aliphatic heterocycles. The zero-order valence-electron chi connectivity index (χ0n) is 18.0. The number of benzene rings is 2. The molecule has 0 saturated carbocycles. The molecule has 0 spiro atoms. The number of rotatable bonds is 6. The van der Waals surface area contributed by atoms with Crippen LogP contribution in [0, 0.1) is 0 Å². The van der Waals surface area contributed by atoms with Crippen LogP contribution < -0.4 is 14.5 Å². The van der Waals surface area contributed by atoms with Crippen LogP contribution >= 0.6 is 0 Å². The Morgan fingerprint density at radius 2 is 1.58 bits per heavy atom. The second-order valence-electron chi connectivity index (χ2n) is 7.60. The van der Waals surface area contributed by atoms with Crippen LogP contribution in [-0.2, 0) is 9.84 Å². The lowest BCUT2D eigenvalue weighted by atomic mass is 10.2. The Balaban J connectivity index is 1.45. The zero-order chi connectivity index (χ0) is 22.8. The molecule has 5 rings (SSSR count). The summed E-state index contributed by atoms with van der Waals surface area (Å²) >= 11 is 0. The summed E-state index contributed by atoms with van der Waals surface area (Å²) in [4.78, 5) is 8.69. The Bertz CT molecular complexity index is 1310. The van der Waals surface area contributed by atoms with Crippen LogP contribution in [-0.4, -0.2) is 46.7 Å². The molecular weight excluding hydrogens is 442 g/mol. The molecule has 0 radical (unpaired) electrons. The molecule has 2 aromatic heterocycles. The summed E-state index contributed by atoms with van der Waals surface area (Å²) in [6, 6.07) is 19.6. The number of ether oxygens (including phenoxy) is 1. The van der Waals surface area contributed by atoms with Gasteiger partial charge in [0.2, 0.25) is 20.7 Å². The minimum atomic E-state index is -3.88. The Morgan fingerprint density at radius 3 is 2.21 bits per heavy atom. The van der Waals surface area contributed by atoms with Crippen LogP contribution in [0.3, 0.4) is 0 Å². The summed E-state index contributed by atoms with van der Waals surface area (Å²) in [5, 5.41) is -0.0991. The van der Waals surface area contributed by atoms with Gasteiger partial charge in [0.25, 0.3) is 5.89 Å². The fourth-order valence-corrected chi connectivity index (χ4v) is 5.19. The van der Waals surface area contributed by atoms with Gasteiger partial charge >= 0.3 is 0 Å². The van der Waals surface area contributed by atoms with Gasteiger partial charge in [-0.05, 0) is 48.5 Å². The third kappa shape index (κ3) is 4.07. The van der Waals surface area contributed by atoms with Gasteiger partial charge in [0.15, 0.2) is 5.76 Å². The first-order valence-electron chi connectivity index (χ1n) is 10.5. The third-order valence-corrected chi connectivity index (χ3v) is 7.29. The van der Waals surface area contributed by atoms with Gasteiger partial charge in [-0.1, -0.05) is 18.2 Å². The normalized spacial score (nSPS) is 14.5. The number of piperazine rings is 1. The van der Waals surface area contributed by atoms with E-state index in [-0.39, 0.29) is 21.7 Å². The molecule has 9 heteroatoms. The molecule has 1 fully saturated rings. The van der Waals surface area contributed by atoms with Crippen molar-refractivity contribution in [3.05, 3.63) is 73.0 Å². The van der Waals surface area contributed by atoms with Crippen molar-refractivity contribution in [3.63, 3.8) is 0 Å². The molecule has 0 unspecified atom stereocenters. The van der Waals surface area contributed by atoms with Crippen LogP contribution in [0.2, 0.25) is 0 Å². The van der Waals surface area contributed by atoms with E-state index in [2.05, 4.69) is 9.88 Å².